The van der Waals surface area contributed by atoms with Gasteiger partial charge >= 0.3 is 5.97 Å². The fourth-order valence-electron chi connectivity index (χ4n) is 4.12. The molecule has 0 unspecified atom stereocenters. The number of rotatable bonds is 5. The summed E-state index contributed by atoms with van der Waals surface area (Å²) in [6.07, 6.45) is 1.98. The summed E-state index contributed by atoms with van der Waals surface area (Å²) in [5, 5.41) is 9.79. The van der Waals surface area contributed by atoms with Gasteiger partial charge in [0.2, 0.25) is 5.91 Å². The molecule has 0 aliphatic carbocycles. The first-order valence-electron chi connectivity index (χ1n) is 10.9. The minimum Gasteiger partial charge on any atom is -0.478 e. The second kappa shape index (κ2) is 9.15. The van der Waals surface area contributed by atoms with Crippen molar-refractivity contribution in [3.8, 4) is 11.4 Å². The molecule has 0 radical (unpaired) electrons. The van der Waals surface area contributed by atoms with Crippen molar-refractivity contribution in [2.75, 3.05) is 31.1 Å². The number of nitrogens with zero attached hydrogens (tertiary/aromatic N) is 4. The quantitative estimate of drug-likeness (QED) is 0.454. The van der Waals surface area contributed by atoms with Crippen molar-refractivity contribution in [1.82, 2.24) is 19.9 Å². The van der Waals surface area contributed by atoms with Crippen LogP contribution in [0.25, 0.3) is 22.4 Å². The molecule has 2 aromatic carbocycles. The van der Waals surface area contributed by atoms with Gasteiger partial charge in [0.15, 0.2) is 0 Å². The molecule has 4 aromatic rings. The van der Waals surface area contributed by atoms with E-state index in [1.165, 1.54) is 6.07 Å². The summed E-state index contributed by atoms with van der Waals surface area (Å²) in [5.74, 6) is 0.587. The van der Waals surface area contributed by atoms with Crippen LogP contribution in [0.3, 0.4) is 0 Å². The molecule has 1 fully saturated rings. The van der Waals surface area contributed by atoms with Crippen LogP contribution in [-0.2, 0) is 11.2 Å². The van der Waals surface area contributed by atoms with Crippen LogP contribution in [-0.4, -0.2) is 63.0 Å². The molecular weight excluding hydrogens is 454 g/mol. The summed E-state index contributed by atoms with van der Waals surface area (Å²) >= 11 is 6.06. The zero-order valence-corrected chi connectivity index (χ0v) is 19.0. The molecule has 2 N–H and O–H groups in total. The number of hydrogen-bond donors (Lipinski definition) is 2. The standard InChI is InChI=1S/C25H22ClN5O3/c26-19-5-6-20-21(14-19)29-24(28-20)18-4-7-22(27-15-18)30-8-10-31(11-9-30)23(32)13-16-2-1-3-17(12-16)25(33)34/h1-7,12,14-15H,8-11,13H2,(H,28,29)(H,33,34). The summed E-state index contributed by atoms with van der Waals surface area (Å²) in [6, 6.07) is 16.0. The Morgan fingerprint density at radius 3 is 2.59 bits per heavy atom. The number of fused-ring (bicyclic) bond motifs is 1. The maximum Gasteiger partial charge on any atom is 0.335 e. The predicted molar refractivity (Wildman–Crippen MR) is 130 cm³/mol. The van der Waals surface area contributed by atoms with Gasteiger partial charge in [-0.3, -0.25) is 4.79 Å². The number of aromatic nitrogens is 3. The number of benzene rings is 2. The average Bonchev–Trinajstić information content (AvgIpc) is 3.27. The Balaban J connectivity index is 1.20. The highest BCUT2D eigenvalue weighted by Crippen LogP contribution is 2.24. The molecule has 3 heterocycles. The Morgan fingerprint density at radius 1 is 1.03 bits per heavy atom. The third kappa shape index (κ3) is 4.58. The number of pyridine rings is 1. The van der Waals surface area contributed by atoms with Gasteiger partial charge < -0.3 is 19.9 Å². The summed E-state index contributed by atoms with van der Waals surface area (Å²) in [5.41, 5.74) is 3.50. The number of imidazole rings is 1. The van der Waals surface area contributed by atoms with Crippen LogP contribution in [0.5, 0.6) is 0 Å². The van der Waals surface area contributed by atoms with Crippen LogP contribution in [0.1, 0.15) is 15.9 Å². The van der Waals surface area contributed by atoms with Crippen LogP contribution >= 0.6 is 11.6 Å². The van der Waals surface area contributed by atoms with Crippen molar-refractivity contribution >= 4 is 40.3 Å². The third-order valence-corrected chi connectivity index (χ3v) is 6.19. The Hall–Kier alpha value is -3.91. The van der Waals surface area contributed by atoms with Crippen LogP contribution in [0.2, 0.25) is 5.02 Å². The van der Waals surface area contributed by atoms with Gasteiger partial charge in [-0.05, 0) is 48.0 Å². The van der Waals surface area contributed by atoms with Gasteiger partial charge in [-0.2, -0.15) is 0 Å². The predicted octanol–water partition coefficient (Wildman–Crippen LogP) is 3.87. The Kier molecular flexibility index (Phi) is 5.90. The van der Waals surface area contributed by atoms with Crippen molar-refractivity contribution in [2.24, 2.45) is 0 Å². The number of carboxylic acid groups (broad SMARTS) is 1. The minimum atomic E-state index is -0.994. The molecule has 0 bridgehead atoms. The lowest BCUT2D eigenvalue weighted by molar-refractivity contribution is -0.130. The number of amides is 1. The van der Waals surface area contributed by atoms with Gasteiger partial charge in [0.05, 0.1) is 23.0 Å². The maximum atomic E-state index is 12.7. The zero-order valence-electron chi connectivity index (χ0n) is 18.2. The fraction of sp³-hybridized carbons (Fsp3) is 0.200. The number of nitrogens with one attached hydrogen (secondary N) is 1. The Bertz CT molecular complexity index is 1360. The highest BCUT2D eigenvalue weighted by Gasteiger charge is 2.22. The molecule has 1 aliphatic heterocycles. The van der Waals surface area contributed by atoms with E-state index in [-0.39, 0.29) is 17.9 Å². The first-order chi connectivity index (χ1) is 16.5. The number of halogens is 1. The number of aromatic carboxylic acids is 1. The van der Waals surface area contributed by atoms with Crippen molar-refractivity contribution in [1.29, 1.82) is 0 Å². The Labute approximate surface area is 200 Å². The smallest absolute Gasteiger partial charge is 0.335 e. The molecule has 1 amide bonds. The molecule has 5 rings (SSSR count). The molecule has 8 nitrogen and oxygen atoms in total. The molecule has 1 saturated heterocycles. The van der Waals surface area contributed by atoms with Gasteiger partial charge in [-0.1, -0.05) is 23.7 Å². The van der Waals surface area contributed by atoms with E-state index < -0.39 is 5.97 Å². The van der Waals surface area contributed by atoms with Crippen molar-refractivity contribution < 1.29 is 14.7 Å². The molecule has 34 heavy (non-hydrogen) atoms. The average molecular weight is 476 g/mol. The summed E-state index contributed by atoms with van der Waals surface area (Å²) in [7, 11) is 0. The van der Waals surface area contributed by atoms with E-state index >= 15 is 0 Å². The van der Waals surface area contributed by atoms with E-state index in [0.29, 0.717) is 36.8 Å². The highest BCUT2D eigenvalue weighted by atomic mass is 35.5. The number of carbonyl (C=O) groups excluding carboxylic acids is 1. The molecule has 0 atom stereocenters. The molecule has 0 spiro atoms. The van der Waals surface area contributed by atoms with Crippen LogP contribution in [0, 0.1) is 0 Å². The molecule has 2 aromatic heterocycles. The highest BCUT2D eigenvalue weighted by molar-refractivity contribution is 6.31. The first-order valence-corrected chi connectivity index (χ1v) is 11.3. The number of aromatic amines is 1. The van der Waals surface area contributed by atoms with Crippen molar-refractivity contribution in [3.05, 3.63) is 76.9 Å². The number of piperazine rings is 1. The van der Waals surface area contributed by atoms with Crippen LogP contribution in [0.4, 0.5) is 5.82 Å². The van der Waals surface area contributed by atoms with E-state index in [2.05, 4.69) is 19.9 Å². The molecule has 0 saturated carbocycles. The number of H-pyrrole nitrogens is 1. The zero-order chi connectivity index (χ0) is 23.7. The summed E-state index contributed by atoms with van der Waals surface area (Å²) in [4.78, 5) is 40.3. The second-order valence-electron chi connectivity index (χ2n) is 8.20. The molecule has 9 heteroatoms. The summed E-state index contributed by atoms with van der Waals surface area (Å²) < 4.78 is 0. The SMILES string of the molecule is O=C(O)c1cccc(CC(=O)N2CCN(c3ccc(-c4nc5ccc(Cl)cc5[nH]4)cn3)CC2)c1. The van der Waals surface area contributed by atoms with Crippen LogP contribution in [0.15, 0.2) is 60.8 Å². The normalized spacial score (nSPS) is 13.9. The van der Waals surface area contributed by atoms with E-state index in [1.807, 2.05) is 35.2 Å². The van der Waals surface area contributed by atoms with Crippen molar-refractivity contribution in [2.45, 2.75) is 6.42 Å². The van der Waals surface area contributed by atoms with Crippen LogP contribution < -0.4 is 4.90 Å². The Morgan fingerprint density at radius 2 is 1.85 bits per heavy atom. The van der Waals surface area contributed by atoms with Gasteiger partial charge in [-0.15, -0.1) is 0 Å². The number of hydrogen-bond acceptors (Lipinski definition) is 5. The monoisotopic (exact) mass is 475 g/mol. The third-order valence-electron chi connectivity index (χ3n) is 5.95. The maximum absolute atomic E-state index is 12.7. The number of carboxylic acids is 1. The lowest BCUT2D eigenvalue weighted by atomic mass is 10.1. The topological polar surface area (TPSA) is 102 Å². The van der Waals surface area contributed by atoms with E-state index in [1.54, 1.807) is 24.4 Å². The van der Waals surface area contributed by atoms with Gasteiger partial charge in [0.1, 0.15) is 11.6 Å². The second-order valence-corrected chi connectivity index (χ2v) is 8.64. The molecule has 172 valence electrons. The number of anilines is 1. The molecule has 1 aliphatic rings. The molecular formula is C25H22ClN5O3. The first kappa shape index (κ1) is 21.9. The lowest BCUT2D eigenvalue weighted by Gasteiger charge is -2.35. The van der Waals surface area contributed by atoms with Gasteiger partial charge in [0.25, 0.3) is 0 Å². The fourth-order valence-corrected chi connectivity index (χ4v) is 4.29. The lowest BCUT2D eigenvalue weighted by Crippen LogP contribution is -2.49. The van der Waals surface area contributed by atoms with Crippen molar-refractivity contribution in [3.63, 3.8) is 0 Å². The van der Waals surface area contributed by atoms with E-state index in [0.717, 1.165) is 28.2 Å². The van der Waals surface area contributed by atoms with Gasteiger partial charge in [-0.25, -0.2) is 14.8 Å². The number of carbonyl (C=O) groups is 2. The largest absolute Gasteiger partial charge is 0.478 e. The summed E-state index contributed by atoms with van der Waals surface area (Å²) in [6.45, 7) is 2.53. The minimum absolute atomic E-state index is 0.00418. The van der Waals surface area contributed by atoms with Gasteiger partial charge in [0, 0.05) is 43.0 Å². The van der Waals surface area contributed by atoms with E-state index in [4.69, 9.17) is 16.7 Å². The van der Waals surface area contributed by atoms with E-state index in [9.17, 15) is 9.59 Å².